The minimum Gasteiger partial charge on any atom is -0.368 e. The van der Waals surface area contributed by atoms with Gasteiger partial charge in [0.1, 0.15) is 11.9 Å². The standard InChI is InChI=1S/C23H18Cl2FN3O2/c24-14-10-17-15(19(26)11-14)7-8-20(17)29(23(31)13-4-3-9-28-12-13)21(22(27)30)16-5-1-2-6-18(16)25/h1-6,9-12,20-21H,7-8H2,(H2,27,30)/t20-,21-/m1/s1. The molecule has 4 rings (SSSR count). The van der Waals surface area contributed by atoms with E-state index in [4.69, 9.17) is 28.9 Å². The molecule has 0 bridgehead atoms. The van der Waals surface area contributed by atoms with Gasteiger partial charge in [-0.15, -0.1) is 0 Å². The Balaban J connectivity index is 1.90. The third-order valence-electron chi connectivity index (χ3n) is 5.45. The minimum absolute atomic E-state index is 0.213. The van der Waals surface area contributed by atoms with Crippen molar-refractivity contribution in [1.82, 2.24) is 9.88 Å². The van der Waals surface area contributed by atoms with Crippen LogP contribution >= 0.6 is 23.2 Å². The van der Waals surface area contributed by atoms with E-state index in [1.165, 1.54) is 17.2 Å². The number of halogens is 3. The number of primary amides is 1. The number of rotatable bonds is 5. The van der Waals surface area contributed by atoms with E-state index >= 15 is 0 Å². The Kier molecular flexibility index (Phi) is 5.94. The second kappa shape index (κ2) is 8.65. The summed E-state index contributed by atoms with van der Waals surface area (Å²) in [5.41, 5.74) is 7.49. The highest BCUT2D eigenvalue weighted by Crippen LogP contribution is 2.43. The minimum atomic E-state index is -1.17. The number of pyridine rings is 1. The van der Waals surface area contributed by atoms with Crippen molar-refractivity contribution < 1.29 is 14.0 Å². The van der Waals surface area contributed by atoms with Gasteiger partial charge in [0.05, 0.1) is 11.6 Å². The van der Waals surface area contributed by atoms with Gasteiger partial charge in [0, 0.05) is 28.0 Å². The first kappa shape index (κ1) is 21.3. The van der Waals surface area contributed by atoms with E-state index in [0.717, 1.165) is 0 Å². The summed E-state index contributed by atoms with van der Waals surface area (Å²) in [6, 6.07) is 11.0. The molecule has 2 amide bonds. The molecule has 158 valence electrons. The smallest absolute Gasteiger partial charge is 0.256 e. The Bertz CT molecular complexity index is 1160. The average molecular weight is 458 g/mol. The molecule has 0 unspecified atom stereocenters. The molecule has 8 heteroatoms. The van der Waals surface area contributed by atoms with Crippen molar-refractivity contribution in [1.29, 1.82) is 0 Å². The number of fused-ring (bicyclic) bond motifs is 1. The molecular weight excluding hydrogens is 440 g/mol. The van der Waals surface area contributed by atoms with Crippen LogP contribution in [-0.2, 0) is 11.2 Å². The summed E-state index contributed by atoms with van der Waals surface area (Å²) in [4.78, 5) is 31.7. The average Bonchev–Trinajstić information content (AvgIpc) is 3.16. The summed E-state index contributed by atoms with van der Waals surface area (Å²) in [5, 5.41) is 0.510. The van der Waals surface area contributed by atoms with E-state index in [1.807, 2.05) is 0 Å². The van der Waals surface area contributed by atoms with E-state index in [-0.39, 0.29) is 10.6 Å². The molecule has 2 N–H and O–H groups in total. The van der Waals surface area contributed by atoms with Crippen molar-refractivity contribution in [3.05, 3.63) is 99.0 Å². The monoisotopic (exact) mass is 457 g/mol. The van der Waals surface area contributed by atoms with Gasteiger partial charge in [-0.05, 0) is 54.3 Å². The van der Waals surface area contributed by atoms with Gasteiger partial charge in [-0.25, -0.2) is 4.39 Å². The zero-order valence-corrected chi connectivity index (χ0v) is 17.8. The molecule has 1 aromatic heterocycles. The molecule has 2 aromatic carbocycles. The van der Waals surface area contributed by atoms with Gasteiger partial charge < -0.3 is 10.6 Å². The van der Waals surface area contributed by atoms with Gasteiger partial charge in [-0.2, -0.15) is 0 Å². The van der Waals surface area contributed by atoms with Crippen LogP contribution in [0.4, 0.5) is 4.39 Å². The number of hydrogen-bond donors (Lipinski definition) is 1. The summed E-state index contributed by atoms with van der Waals surface area (Å²) in [6.07, 6.45) is 3.76. The number of hydrogen-bond acceptors (Lipinski definition) is 3. The van der Waals surface area contributed by atoms with Crippen molar-refractivity contribution in [2.24, 2.45) is 5.73 Å². The summed E-state index contributed by atoms with van der Waals surface area (Å²) < 4.78 is 14.5. The zero-order valence-electron chi connectivity index (χ0n) is 16.3. The first-order valence-corrected chi connectivity index (χ1v) is 10.4. The molecule has 1 aliphatic rings. The Hall–Kier alpha value is -2.96. The summed E-state index contributed by atoms with van der Waals surface area (Å²) in [5.74, 6) is -1.65. The lowest BCUT2D eigenvalue weighted by atomic mass is 9.98. The van der Waals surface area contributed by atoms with Crippen molar-refractivity contribution in [3.63, 3.8) is 0 Å². The van der Waals surface area contributed by atoms with Crippen LogP contribution in [-0.4, -0.2) is 21.7 Å². The normalized spacial score (nSPS) is 15.9. The third kappa shape index (κ3) is 4.01. The van der Waals surface area contributed by atoms with Crippen LogP contribution in [0.5, 0.6) is 0 Å². The first-order valence-electron chi connectivity index (χ1n) is 9.62. The Morgan fingerprint density at radius 2 is 1.94 bits per heavy atom. The number of carbonyl (C=O) groups is 2. The summed E-state index contributed by atoms with van der Waals surface area (Å²) in [6.45, 7) is 0. The summed E-state index contributed by atoms with van der Waals surface area (Å²) in [7, 11) is 0. The fraction of sp³-hybridized carbons (Fsp3) is 0.174. The molecule has 5 nitrogen and oxygen atoms in total. The summed E-state index contributed by atoms with van der Waals surface area (Å²) >= 11 is 12.5. The molecule has 1 heterocycles. The predicted molar refractivity (Wildman–Crippen MR) is 116 cm³/mol. The van der Waals surface area contributed by atoms with Crippen LogP contribution in [0.3, 0.4) is 0 Å². The van der Waals surface area contributed by atoms with Crippen LogP contribution < -0.4 is 5.73 Å². The van der Waals surface area contributed by atoms with Crippen LogP contribution in [0.1, 0.15) is 45.6 Å². The molecule has 0 fully saturated rings. The fourth-order valence-electron chi connectivity index (χ4n) is 4.12. The predicted octanol–water partition coefficient (Wildman–Crippen LogP) is 4.88. The highest BCUT2D eigenvalue weighted by molar-refractivity contribution is 6.31. The number of nitrogens with two attached hydrogens (primary N) is 1. The quantitative estimate of drug-likeness (QED) is 0.592. The molecule has 31 heavy (non-hydrogen) atoms. The molecule has 2 atom stereocenters. The Morgan fingerprint density at radius 3 is 2.61 bits per heavy atom. The maximum atomic E-state index is 14.5. The Morgan fingerprint density at radius 1 is 1.16 bits per heavy atom. The number of aromatic nitrogens is 1. The van der Waals surface area contributed by atoms with Gasteiger partial charge in [0.2, 0.25) is 5.91 Å². The SMILES string of the molecule is NC(=O)[C@@H](c1ccccc1Cl)N(C(=O)c1cccnc1)[C@@H]1CCc2c(F)cc(Cl)cc21. The van der Waals surface area contributed by atoms with Crippen molar-refractivity contribution in [3.8, 4) is 0 Å². The molecule has 3 aromatic rings. The molecule has 0 radical (unpaired) electrons. The van der Waals surface area contributed by atoms with Crippen molar-refractivity contribution in [2.45, 2.75) is 24.9 Å². The second-order valence-electron chi connectivity index (χ2n) is 7.29. The lowest BCUT2D eigenvalue weighted by molar-refractivity contribution is -0.123. The Labute approximate surface area is 188 Å². The van der Waals surface area contributed by atoms with Crippen LogP contribution in [0.15, 0.2) is 60.9 Å². The number of amides is 2. The largest absolute Gasteiger partial charge is 0.368 e. The van der Waals surface area contributed by atoms with Gasteiger partial charge in [0.25, 0.3) is 5.91 Å². The van der Waals surface area contributed by atoms with E-state index in [9.17, 15) is 14.0 Å². The maximum absolute atomic E-state index is 14.5. The lowest BCUT2D eigenvalue weighted by Gasteiger charge is -2.36. The van der Waals surface area contributed by atoms with E-state index in [2.05, 4.69) is 4.98 Å². The fourth-order valence-corrected chi connectivity index (χ4v) is 4.58. The lowest BCUT2D eigenvalue weighted by Crippen LogP contribution is -2.43. The molecular formula is C23H18Cl2FN3O2. The molecule has 0 aliphatic heterocycles. The van der Waals surface area contributed by atoms with Crippen molar-refractivity contribution >= 4 is 35.0 Å². The molecule has 0 saturated heterocycles. The first-order chi connectivity index (χ1) is 14.9. The number of carbonyl (C=O) groups excluding carboxylic acids is 2. The van der Waals surface area contributed by atoms with Crippen LogP contribution in [0.25, 0.3) is 0 Å². The van der Waals surface area contributed by atoms with Gasteiger partial charge in [0.15, 0.2) is 0 Å². The second-order valence-corrected chi connectivity index (χ2v) is 8.13. The van der Waals surface area contributed by atoms with Gasteiger partial charge >= 0.3 is 0 Å². The van der Waals surface area contributed by atoms with E-state index in [0.29, 0.717) is 34.6 Å². The highest BCUT2D eigenvalue weighted by Gasteiger charge is 2.41. The van der Waals surface area contributed by atoms with Crippen LogP contribution in [0, 0.1) is 5.82 Å². The van der Waals surface area contributed by atoms with Crippen LogP contribution in [0.2, 0.25) is 10.0 Å². The topological polar surface area (TPSA) is 76.3 Å². The highest BCUT2D eigenvalue weighted by atomic mass is 35.5. The molecule has 0 spiro atoms. The number of benzene rings is 2. The molecule has 0 saturated carbocycles. The van der Waals surface area contributed by atoms with E-state index in [1.54, 1.807) is 48.7 Å². The maximum Gasteiger partial charge on any atom is 0.256 e. The van der Waals surface area contributed by atoms with Gasteiger partial charge in [-0.3, -0.25) is 14.6 Å². The van der Waals surface area contributed by atoms with Crippen molar-refractivity contribution in [2.75, 3.05) is 0 Å². The number of nitrogens with zero attached hydrogens (tertiary/aromatic N) is 2. The molecule has 1 aliphatic carbocycles. The van der Waals surface area contributed by atoms with Gasteiger partial charge in [-0.1, -0.05) is 41.4 Å². The van der Waals surface area contributed by atoms with E-state index < -0.39 is 29.7 Å². The third-order valence-corrected chi connectivity index (χ3v) is 6.01. The zero-order chi connectivity index (χ0) is 22.1.